The van der Waals surface area contributed by atoms with Crippen LogP contribution in [0.5, 0.6) is 5.75 Å². The number of benzene rings is 1. The molecule has 0 bridgehead atoms. The van der Waals surface area contributed by atoms with Crippen LogP contribution in [0.15, 0.2) is 24.3 Å². The van der Waals surface area contributed by atoms with E-state index < -0.39 is 46.1 Å². The van der Waals surface area contributed by atoms with Gasteiger partial charge < -0.3 is 15.5 Å². The minimum absolute atomic E-state index is 0.192. The first-order valence-corrected chi connectivity index (χ1v) is 8.11. The Morgan fingerprint density at radius 2 is 1.68 bits per heavy atom. The van der Waals surface area contributed by atoms with Gasteiger partial charge >= 0.3 is 12.4 Å². The predicted octanol–water partition coefficient (Wildman–Crippen LogP) is 4.21. The molecule has 1 fully saturated rings. The maximum absolute atomic E-state index is 13.5. The Labute approximate surface area is 155 Å². The van der Waals surface area contributed by atoms with Crippen molar-refractivity contribution >= 4 is 5.82 Å². The minimum atomic E-state index is -4.89. The van der Waals surface area contributed by atoms with E-state index in [9.17, 15) is 36.6 Å². The molecule has 1 aliphatic rings. The van der Waals surface area contributed by atoms with Crippen LogP contribution in [0.4, 0.5) is 32.2 Å². The number of nitrogens with zero attached hydrogens (tertiary/aromatic N) is 2. The molecule has 11 heteroatoms. The third-order valence-electron chi connectivity index (χ3n) is 4.40. The van der Waals surface area contributed by atoms with E-state index in [1.54, 1.807) is 6.92 Å². The van der Waals surface area contributed by atoms with Crippen molar-refractivity contribution < 1.29 is 36.6 Å². The van der Waals surface area contributed by atoms with Gasteiger partial charge in [0.15, 0.2) is 0 Å². The number of alkyl halides is 6. The van der Waals surface area contributed by atoms with E-state index in [1.807, 2.05) is 0 Å². The smallest absolute Gasteiger partial charge is 0.418 e. The number of aliphatic hydroxyl groups is 1. The van der Waals surface area contributed by atoms with Crippen LogP contribution in [0.3, 0.4) is 0 Å². The predicted molar refractivity (Wildman–Crippen MR) is 86.4 cm³/mol. The highest BCUT2D eigenvalue weighted by molar-refractivity contribution is 5.71. The van der Waals surface area contributed by atoms with Crippen LogP contribution in [-0.4, -0.2) is 32.1 Å². The number of halogens is 6. The Hall–Kier alpha value is -2.56. The first-order chi connectivity index (χ1) is 12.8. The number of hydrogen-bond donors (Lipinski definition) is 3. The van der Waals surface area contributed by atoms with Gasteiger partial charge in [0, 0.05) is 11.6 Å². The van der Waals surface area contributed by atoms with Crippen LogP contribution in [0, 0.1) is 0 Å². The van der Waals surface area contributed by atoms with Crippen molar-refractivity contribution in [3.63, 3.8) is 0 Å². The summed E-state index contributed by atoms with van der Waals surface area (Å²) in [7, 11) is 0. The molecule has 0 saturated heterocycles. The zero-order valence-electron chi connectivity index (χ0n) is 14.4. The number of rotatable bonds is 3. The Bertz CT molecular complexity index is 887. The van der Waals surface area contributed by atoms with Crippen LogP contribution in [0.2, 0.25) is 0 Å². The van der Waals surface area contributed by atoms with Crippen LogP contribution in [0.25, 0.3) is 11.3 Å². The molecule has 0 spiro atoms. The number of phenols is 1. The fourth-order valence-corrected chi connectivity index (χ4v) is 3.10. The van der Waals surface area contributed by atoms with E-state index in [0.29, 0.717) is 37.1 Å². The third-order valence-corrected chi connectivity index (χ3v) is 4.40. The van der Waals surface area contributed by atoms with Crippen molar-refractivity contribution in [2.75, 3.05) is 5.32 Å². The van der Waals surface area contributed by atoms with Crippen molar-refractivity contribution in [1.29, 1.82) is 0 Å². The topological polar surface area (TPSA) is 78.3 Å². The first kappa shape index (κ1) is 20.2. The number of anilines is 1. The van der Waals surface area contributed by atoms with Crippen LogP contribution in [0.1, 0.15) is 30.9 Å². The zero-order chi connectivity index (χ0) is 20.9. The maximum atomic E-state index is 13.5. The Balaban J connectivity index is 1.97. The summed E-state index contributed by atoms with van der Waals surface area (Å²) in [5.41, 5.74) is -4.67. The number of aromatic nitrogens is 2. The fraction of sp³-hybridized carbons (Fsp3) is 0.412. The van der Waals surface area contributed by atoms with Crippen LogP contribution < -0.4 is 5.32 Å². The Morgan fingerprint density at radius 1 is 1.04 bits per heavy atom. The lowest BCUT2D eigenvalue weighted by atomic mass is 9.77. The van der Waals surface area contributed by atoms with Gasteiger partial charge in [-0.25, -0.2) is 0 Å². The SMILES string of the molecule is C[C@]1(O)C[C@@H](Nc2cc(C(F)(F)F)c(-c3ccc(C(F)(F)F)cc3O)nn2)C1. The molecule has 0 amide bonds. The van der Waals surface area contributed by atoms with Crippen molar-refractivity contribution in [3.05, 3.63) is 35.4 Å². The van der Waals surface area contributed by atoms with Crippen LogP contribution in [-0.2, 0) is 12.4 Å². The van der Waals surface area contributed by atoms with Gasteiger partial charge in [-0.15, -0.1) is 10.2 Å². The molecule has 0 radical (unpaired) electrons. The molecule has 0 aliphatic heterocycles. The third kappa shape index (κ3) is 4.13. The highest BCUT2D eigenvalue weighted by Crippen LogP contribution is 2.42. The van der Waals surface area contributed by atoms with Gasteiger partial charge in [0.1, 0.15) is 17.3 Å². The summed E-state index contributed by atoms with van der Waals surface area (Å²) < 4.78 is 78.5. The molecule has 152 valence electrons. The highest BCUT2D eigenvalue weighted by atomic mass is 19.4. The molecule has 5 nitrogen and oxygen atoms in total. The second-order valence-electron chi connectivity index (χ2n) is 6.97. The largest absolute Gasteiger partial charge is 0.507 e. The van der Waals surface area contributed by atoms with Gasteiger partial charge in [-0.2, -0.15) is 26.3 Å². The molecule has 3 N–H and O–H groups in total. The summed E-state index contributed by atoms with van der Waals surface area (Å²) in [6.45, 7) is 1.59. The van der Waals surface area contributed by atoms with E-state index in [2.05, 4.69) is 15.5 Å². The van der Waals surface area contributed by atoms with Gasteiger partial charge in [-0.3, -0.25) is 0 Å². The number of aromatic hydroxyl groups is 1. The molecule has 0 atom stereocenters. The normalized spacial score (nSPS) is 22.6. The summed E-state index contributed by atoms with van der Waals surface area (Å²) in [5.74, 6) is -1.19. The van der Waals surface area contributed by atoms with E-state index >= 15 is 0 Å². The molecular weight excluding hydrogens is 392 g/mol. The molecule has 28 heavy (non-hydrogen) atoms. The lowest BCUT2D eigenvalue weighted by Gasteiger charge is -2.41. The van der Waals surface area contributed by atoms with Crippen molar-refractivity contribution in [1.82, 2.24) is 10.2 Å². The van der Waals surface area contributed by atoms with Gasteiger partial charge in [-0.1, -0.05) is 0 Å². The van der Waals surface area contributed by atoms with Crippen molar-refractivity contribution in [2.45, 2.75) is 43.8 Å². The van der Waals surface area contributed by atoms with Gasteiger partial charge in [0.05, 0.1) is 16.7 Å². The second kappa shape index (κ2) is 6.50. The maximum Gasteiger partial charge on any atom is 0.418 e. The summed E-state index contributed by atoms with van der Waals surface area (Å²) in [6.07, 6.45) is -9.01. The van der Waals surface area contributed by atoms with Crippen LogP contribution >= 0.6 is 0 Å². The molecule has 1 aliphatic carbocycles. The number of hydrogen-bond acceptors (Lipinski definition) is 5. The molecule has 1 aromatic heterocycles. The van der Waals surface area contributed by atoms with Crippen molar-refractivity contribution in [3.8, 4) is 17.0 Å². The molecular formula is C17H15F6N3O2. The van der Waals surface area contributed by atoms with Gasteiger partial charge in [0.25, 0.3) is 0 Å². The number of phenolic OH excluding ortho intramolecular Hbond substituents is 1. The molecule has 1 aromatic carbocycles. The average Bonchev–Trinajstić information content (AvgIpc) is 2.51. The molecule has 2 aromatic rings. The van der Waals surface area contributed by atoms with Gasteiger partial charge in [-0.05, 0) is 44.0 Å². The molecule has 3 rings (SSSR count). The van der Waals surface area contributed by atoms with E-state index in [4.69, 9.17) is 0 Å². The average molecular weight is 407 g/mol. The summed E-state index contributed by atoms with van der Waals surface area (Å²) in [6, 6.07) is 2.00. The summed E-state index contributed by atoms with van der Waals surface area (Å²) in [4.78, 5) is 0. The van der Waals surface area contributed by atoms with E-state index in [-0.39, 0.29) is 11.9 Å². The molecule has 0 unspecified atom stereocenters. The Kier molecular flexibility index (Phi) is 4.69. The fourth-order valence-electron chi connectivity index (χ4n) is 3.10. The second-order valence-corrected chi connectivity index (χ2v) is 6.97. The molecule has 1 heterocycles. The lowest BCUT2D eigenvalue weighted by molar-refractivity contribution is -0.138. The Morgan fingerprint density at radius 3 is 2.18 bits per heavy atom. The summed E-state index contributed by atoms with van der Waals surface area (Å²) >= 11 is 0. The lowest BCUT2D eigenvalue weighted by Crippen LogP contribution is -2.48. The quantitative estimate of drug-likeness (QED) is 0.665. The molecule has 1 saturated carbocycles. The van der Waals surface area contributed by atoms with E-state index in [1.165, 1.54) is 0 Å². The highest BCUT2D eigenvalue weighted by Gasteiger charge is 2.40. The van der Waals surface area contributed by atoms with E-state index in [0.717, 1.165) is 0 Å². The monoisotopic (exact) mass is 407 g/mol. The van der Waals surface area contributed by atoms with Crippen molar-refractivity contribution in [2.24, 2.45) is 0 Å². The van der Waals surface area contributed by atoms with Gasteiger partial charge in [0.2, 0.25) is 0 Å². The zero-order valence-corrected chi connectivity index (χ0v) is 14.4. The minimum Gasteiger partial charge on any atom is -0.507 e. The number of nitrogens with one attached hydrogen (secondary N) is 1. The summed E-state index contributed by atoms with van der Waals surface area (Å²) in [5, 5.41) is 29.4. The standard InChI is InChI=1S/C17H15F6N3O2/c1-15(28)6-9(7-15)24-13-5-11(17(21,22)23)14(26-25-13)10-3-2-8(4-12(10)27)16(18,19)20/h2-5,9,27-28H,6-7H2,1H3,(H,24,25)/t9-,15+. The first-order valence-electron chi connectivity index (χ1n) is 8.11.